The van der Waals surface area contributed by atoms with E-state index in [1.54, 1.807) is 6.92 Å². The van der Waals surface area contributed by atoms with Crippen molar-refractivity contribution < 1.29 is 14.3 Å². The molecular weight excluding hydrogens is 278 g/mol. The van der Waals surface area contributed by atoms with Crippen LogP contribution in [-0.2, 0) is 4.74 Å². The second-order valence-corrected chi connectivity index (χ2v) is 6.20. The molecule has 2 fully saturated rings. The number of benzene rings is 1. The highest BCUT2D eigenvalue weighted by molar-refractivity contribution is 5.96. The van der Waals surface area contributed by atoms with E-state index in [9.17, 15) is 4.79 Å². The number of hydrogen-bond acceptors (Lipinski definition) is 4. The van der Waals surface area contributed by atoms with E-state index in [2.05, 4.69) is 4.90 Å². The summed E-state index contributed by atoms with van der Waals surface area (Å²) in [4.78, 5) is 14.1. The van der Waals surface area contributed by atoms with Gasteiger partial charge in [0.15, 0.2) is 5.78 Å². The average Bonchev–Trinajstić information content (AvgIpc) is 2.55. The zero-order valence-corrected chi connectivity index (χ0v) is 13.3. The number of Topliss-reactive ketones (excluding diaryl/α,β-unsaturated/α-hetero) is 1. The predicted octanol–water partition coefficient (Wildman–Crippen LogP) is 2.91. The molecule has 0 aromatic heterocycles. The van der Waals surface area contributed by atoms with Crippen LogP contribution in [0.3, 0.4) is 0 Å². The lowest BCUT2D eigenvalue weighted by atomic mass is 9.90. The molecule has 1 saturated carbocycles. The predicted molar refractivity (Wildman–Crippen MR) is 85.5 cm³/mol. The van der Waals surface area contributed by atoms with Crippen LogP contribution in [0, 0.1) is 0 Å². The van der Waals surface area contributed by atoms with E-state index in [0.717, 1.165) is 19.7 Å². The quantitative estimate of drug-likeness (QED) is 0.784. The molecule has 3 rings (SSSR count). The van der Waals surface area contributed by atoms with E-state index < -0.39 is 0 Å². The molecule has 4 nitrogen and oxygen atoms in total. The molecule has 1 aromatic carbocycles. The van der Waals surface area contributed by atoms with E-state index >= 15 is 0 Å². The standard InChI is InChI=1S/C18H25NO3/c1-14(20)15-6-2-4-8-17(15)21-12-10-19-11-13-22-18-9-5-3-7-16(18)19/h2,4,6,8,16,18H,3,5,7,9-13H2,1H3. The molecule has 1 aliphatic carbocycles. The molecule has 120 valence electrons. The van der Waals surface area contributed by atoms with Gasteiger partial charge in [-0.2, -0.15) is 0 Å². The summed E-state index contributed by atoms with van der Waals surface area (Å²) in [7, 11) is 0. The van der Waals surface area contributed by atoms with Crippen molar-refractivity contribution in [3.63, 3.8) is 0 Å². The van der Waals surface area contributed by atoms with Crippen LogP contribution in [0.15, 0.2) is 24.3 Å². The zero-order chi connectivity index (χ0) is 15.4. The van der Waals surface area contributed by atoms with Crippen LogP contribution in [-0.4, -0.2) is 49.1 Å². The van der Waals surface area contributed by atoms with E-state index in [-0.39, 0.29) is 5.78 Å². The molecule has 0 N–H and O–H groups in total. The minimum absolute atomic E-state index is 0.0503. The molecule has 1 heterocycles. The maximum Gasteiger partial charge on any atom is 0.163 e. The summed E-state index contributed by atoms with van der Waals surface area (Å²) in [6.45, 7) is 4.91. The number of nitrogens with zero attached hydrogens (tertiary/aromatic N) is 1. The van der Waals surface area contributed by atoms with Crippen LogP contribution in [0.25, 0.3) is 0 Å². The van der Waals surface area contributed by atoms with E-state index in [1.165, 1.54) is 25.7 Å². The van der Waals surface area contributed by atoms with Gasteiger partial charge in [-0.05, 0) is 31.9 Å². The summed E-state index contributed by atoms with van der Waals surface area (Å²) in [6.07, 6.45) is 5.42. The molecule has 0 spiro atoms. The van der Waals surface area contributed by atoms with Crippen molar-refractivity contribution in [3.05, 3.63) is 29.8 Å². The number of carbonyl (C=O) groups excluding carboxylic acids is 1. The third-order valence-electron chi connectivity index (χ3n) is 4.75. The fraction of sp³-hybridized carbons (Fsp3) is 0.611. The molecule has 22 heavy (non-hydrogen) atoms. The maximum atomic E-state index is 11.6. The van der Waals surface area contributed by atoms with E-state index in [1.807, 2.05) is 24.3 Å². The molecule has 0 radical (unpaired) electrons. The van der Waals surface area contributed by atoms with Gasteiger partial charge in [0, 0.05) is 19.1 Å². The summed E-state index contributed by atoms with van der Waals surface area (Å²) in [5, 5.41) is 0. The summed E-state index contributed by atoms with van der Waals surface area (Å²) < 4.78 is 11.8. The van der Waals surface area contributed by atoms with Gasteiger partial charge in [-0.15, -0.1) is 0 Å². The van der Waals surface area contributed by atoms with Crippen molar-refractivity contribution >= 4 is 5.78 Å². The van der Waals surface area contributed by atoms with Gasteiger partial charge in [-0.3, -0.25) is 9.69 Å². The van der Waals surface area contributed by atoms with E-state index in [0.29, 0.717) is 30.1 Å². The molecule has 1 aliphatic heterocycles. The van der Waals surface area contributed by atoms with Crippen LogP contribution in [0.5, 0.6) is 5.75 Å². The highest BCUT2D eigenvalue weighted by Crippen LogP contribution is 2.28. The maximum absolute atomic E-state index is 11.6. The number of fused-ring (bicyclic) bond motifs is 1. The molecular formula is C18H25NO3. The summed E-state index contributed by atoms with van der Waals surface area (Å²) in [6, 6.07) is 8.03. The Bertz CT molecular complexity index is 515. The molecule has 0 amide bonds. The Morgan fingerprint density at radius 3 is 3.00 bits per heavy atom. The minimum Gasteiger partial charge on any atom is -0.491 e. The van der Waals surface area contributed by atoms with Crippen LogP contribution in [0.4, 0.5) is 0 Å². The zero-order valence-electron chi connectivity index (χ0n) is 13.3. The number of morpholine rings is 1. The first-order chi connectivity index (χ1) is 10.8. The number of para-hydroxylation sites is 1. The second-order valence-electron chi connectivity index (χ2n) is 6.20. The van der Waals surface area contributed by atoms with Gasteiger partial charge in [0.1, 0.15) is 12.4 Å². The number of hydrogen-bond donors (Lipinski definition) is 0. The Labute approximate surface area is 132 Å². The molecule has 0 bridgehead atoms. The van der Waals surface area contributed by atoms with Gasteiger partial charge >= 0.3 is 0 Å². The average molecular weight is 303 g/mol. The molecule has 2 aliphatic rings. The van der Waals surface area contributed by atoms with Crippen LogP contribution >= 0.6 is 0 Å². The summed E-state index contributed by atoms with van der Waals surface area (Å²) in [5.41, 5.74) is 0.667. The highest BCUT2D eigenvalue weighted by atomic mass is 16.5. The number of carbonyl (C=O) groups is 1. The van der Waals surface area contributed by atoms with Gasteiger partial charge in [-0.25, -0.2) is 0 Å². The van der Waals surface area contributed by atoms with Gasteiger partial charge in [0.25, 0.3) is 0 Å². The highest BCUT2D eigenvalue weighted by Gasteiger charge is 2.33. The lowest BCUT2D eigenvalue weighted by molar-refractivity contribution is -0.0901. The molecule has 2 unspecified atom stereocenters. The van der Waals surface area contributed by atoms with E-state index in [4.69, 9.17) is 9.47 Å². The fourth-order valence-electron chi connectivity index (χ4n) is 3.61. The molecule has 2 atom stereocenters. The third kappa shape index (κ3) is 3.50. The second kappa shape index (κ2) is 7.25. The van der Waals surface area contributed by atoms with Crippen molar-refractivity contribution in [1.29, 1.82) is 0 Å². The molecule has 1 aromatic rings. The Morgan fingerprint density at radius 1 is 1.32 bits per heavy atom. The topological polar surface area (TPSA) is 38.8 Å². The van der Waals surface area contributed by atoms with Gasteiger partial charge < -0.3 is 9.47 Å². The first kappa shape index (κ1) is 15.5. The Hall–Kier alpha value is -1.39. The Kier molecular flexibility index (Phi) is 5.11. The van der Waals surface area contributed by atoms with Crippen molar-refractivity contribution in [3.8, 4) is 5.75 Å². The van der Waals surface area contributed by atoms with Crippen molar-refractivity contribution in [1.82, 2.24) is 4.90 Å². The smallest absolute Gasteiger partial charge is 0.163 e. The van der Waals surface area contributed by atoms with Gasteiger partial charge in [0.05, 0.1) is 18.3 Å². The SMILES string of the molecule is CC(=O)c1ccccc1OCCN1CCOC2CCCCC21. The Balaban J connectivity index is 1.55. The van der Waals surface area contributed by atoms with Crippen molar-refractivity contribution in [2.24, 2.45) is 0 Å². The lowest BCUT2D eigenvalue weighted by Crippen LogP contribution is -2.53. The lowest BCUT2D eigenvalue weighted by Gasteiger charge is -2.43. The number of rotatable bonds is 5. The first-order valence-corrected chi connectivity index (χ1v) is 8.34. The minimum atomic E-state index is 0.0503. The van der Waals surface area contributed by atoms with Crippen molar-refractivity contribution in [2.45, 2.75) is 44.8 Å². The summed E-state index contributed by atoms with van der Waals surface area (Å²) >= 11 is 0. The fourth-order valence-corrected chi connectivity index (χ4v) is 3.61. The Morgan fingerprint density at radius 2 is 2.14 bits per heavy atom. The van der Waals surface area contributed by atoms with Crippen LogP contribution < -0.4 is 4.74 Å². The van der Waals surface area contributed by atoms with Crippen molar-refractivity contribution in [2.75, 3.05) is 26.3 Å². The van der Waals surface area contributed by atoms with Crippen LogP contribution in [0.2, 0.25) is 0 Å². The third-order valence-corrected chi connectivity index (χ3v) is 4.75. The van der Waals surface area contributed by atoms with Gasteiger partial charge in [-0.1, -0.05) is 25.0 Å². The largest absolute Gasteiger partial charge is 0.491 e. The number of ketones is 1. The van der Waals surface area contributed by atoms with Crippen LogP contribution in [0.1, 0.15) is 43.0 Å². The molecule has 1 saturated heterocycles. The monoisotopic (exact) mass is 303 g/mol. The molecule has 4 heteroatoms. The van der Waals surface area contributed by atoms with Gasteiger partial charge in [0.2, 0.25) is 0 Å². The summed E-state index contributed by atoms with van der Waals surface area (Å²) in [5.74, 6) is 0.748. The number of ether oxygens (including phenoxy) is 2. The first-order valence-electron chi connectivity index (χ1n) is 8.34. The normalized spacial score (nSPS) is 25.5.